The van der Waals surface area contributed by atoms with E-state index in [0.29, 0.717) is 26.2 Å². The lowest BCUT2D eigenvalue weighted by atomic mass is 10.0. The molecule has 1 aliphatic rings. The molecule has 1 atom stereocenters. The molecule has 2 aromatic rings. The van der Waals surface area contributed by atoms with Crippen LogP contribution >= 0.6 is 0 Å². The molecule has 1 aliphatic heterocycles. The minimum atomic E-state index is -0.275. The Labute approximate surface area is 170 Å². The molecule has 1 unspecified atom stereocenters. The van der Waals surface area contributed by atoms with Crippen LogP contribution in [0, 0.1) is 0 Å². The third-order valence-corrected chi connectivity index (χ3v) is 4.73. The van der Waals surface area contributed by atoms with Gasteiger partial charge in [0.1, 0.15) is 19.0 Å². The summed E-state index contributed by atoms with van der Waals surface area (Å²) in [5.41, 5.74) is 1.85. The lowest BCUT2D eigenvalue weighted by Crippen LogP contribution is -2.50. The summed E-state index contributed by atoms with van der Waals surface area (Å²) in [5.74, 6) is 0.320. The number of ether oxygens (including phenoxy) is 2. The second kappa shape index (κ2) is 10.5. The van der Waals surface area contributed by atoms with Crippen molar-refractivity contribution >= 4 is 11.8 Å². The largest absolute Gasteiger partial charge is 0.496 e. The van der Waals surface area contributed by atoms with Gasteiger partial charge in [0.25, 0.3) is 0 Å². The van der Waals surface area contributed by atoms with E-state index in [0.717, 1.165) is 16.9 Å². The van der Waals surface area contributed by atoms with Crippen molar-refractivity contribution in [2.24, 2.45) is 0 Å². The molecule has 2 N–H and O–H groups in total. The van der Waals surface area contributed by atoms with Crippen molar-refractivity contribution in [2.75, 3.05) is 40.0 Å². The molecule has 0 aliphatic carbocycles. The van der Waals surface area contributed by atoms with Crippen LogP contribution in [0.2, 0.25) is 0 Å². The lowest BCUT2D eigenvalue weighted by Gasteiger charge is -2.37. The van der Waals surface area contributed by atoms with Crippen molar-refractivity contribution in [3.8, 4) is 5.75 Å². The van der Waals surface area contributed by atoms with Crippen LogP contribution in [0.1, 0.15) is 17.2 Å². The van der Waals surface area contributed by atoms with Gasteiger partial charge in [-0.05, 0) is 17.7 Å². The van der Waals surface area contributed by atoms with Crippen molar-refractivity contribution in [2.45, 2.75) is 12.6 Å². The van der Waals surface area contributed by atoms with E-state index in [1.165, 1.54) is 0 Å². The number of benzene rings is 1. The van der Waals surface area contributed by atoms with Crippen molar-refractivity contribution in [3.63, 3.8) is 0 Å². The molecule has 8 heteroatoms. The number of carbonyl (C=O) groups is 2. The summed E-state index contributed by atoms with van der Waals surface area (Å²) in [7, 11) is 1.62. The van der Waals surface area contributed by atoms with E-state index in [4.69, 9.17) is 9.47 Å². The summed E-state index contributed by atoms with van der Waals surface area (Å²) in [6.07, 6.45) is 3.36. The number of nitrogens with one attached hydrogen (secondary N) is 2. The number of amides is 2. The fourth-order valence-electron chi connectivity index (χ4n) is 3.29. The number of methoxy groups -OCH3 is 1. The standard InChI is InChI=1S/C21H26N4O4/c1-28-19-7-3-2-6-17(19)18-13-23-9-10-25(18)21(27)15-29-14-20(26)24-12-16-5-4-8-22-11-16/h2-8,11,18,23H,9-10,12-15H2,1H3,(H,24,26). The second-order valence-corrected chi connectivity index (χ2v) is 6.68. The molecular formula is C21H26N4O4. The van der Waals surface area contributed by atoms with Crippen LogP contribution in [0.3, 0.4) is 0 Å². The van der Waals surface area contributed by atoms with Crippen LogP contribution in [-0.4, -0.2) is 61.7 Å². The van der Waals surface area contributed by atoms with Crippen LogP contribution < -0.4 is 15.4 Å². The third kappa shape index (κ3) is 5.75. The molecule has 0 saturated carbocycles. The van der Waals surface area contributed by atoms with Crippen LogP contribution in [0.4, 0.5) is 0 Å². The van der Waals surface area contributed by atoms with Gasteiger partial charge in [-0.2, -0.15) is 0 Å². The summed E-state index contributed by atoms with van der Waals surface area (Å²) in [6.45, 7) is 1.97. The van der Waals surface area contributed by atoms with Crippen LogP contribution in [0.25, 0.3) is 0 Å². The Morgan fingerprint density at radius 1 is 1.24 bits per heavy atom. The number of carbonyl (C=O) groups excluding carboxylic acids is 2. The molecule has 2 heterocycles. The molecule has 154 valence electrons. The van der Waals surface area contributed by atoms with Gasteiger partial charge in [-0.3, -0.25) is 14.6 Å². The number of hydrogen-bond donors (Lipinski definition) is 2. The first kappa shape index (κ1) is 20.8. The minimum absolute atomic E-state index is 0.143. The van der Waals surface area contributed by atoms with E-state index in [1.54, 1.807) is 24.4 Å². The highest BCUT2D eigenvalue weighted by Crippen LogP contribution is 2.30. The number of pyridine rings is 1. The van der Waals surface area contributed by atoms with Crippen molar-refractivity contribution in [1.82, 2.24) is 20.5 Å². The molecule has 8 nitrogen and oxygen atoms in total. The minimum Gasteiger partial charge on any atom is -0.496 e. The highest BCUT2D eigenvalue weighted by molar-refractivity contribution is 5.80. The van der Waals surface area contributed by atoms with Gasteiger partial charge in [0.2, 0.25) is 11.8 Å². The molecule has 1 aromatic heterocycles. The molecule has 2 amide bonds. The monoisotopic (exact) mass is 398 g/mol. The predicted octanol–water partition coefficient (Wildman–Crippen LogP) is 0.896. The number of hydrogen-bond acceptors (Lipinski definition) is 6. The first-order valence-electron chi connectivity index (χ1n) is 9.55. The predicted molar refractivity (Wildman–Crippen MR) is 107 cm³/mol. The Bertz CT molecular complexity index is 815. The van der Waals surface area contributed by atoms with E-state index in [9.17, 15) is 9.59 Å². The lowest BCUT2D eigenvalue weighted by molar-refractivity contribution is -0.141. The maximum absolute atomic E-state index is 12.7. The highest BCUT2D eigenvalue weighted by atomic mass is 16.5. The van der Waals surface area contributed by atoms with Gasteiger partial charge >= 0.3 is 0 Å². The molecule has 1 aromatic carbocycles. The summed E-state index contributed by atoms with van der Waals surface area (Å²) < 4.78 is 10.8. The highest BCUT2D eigenvalue weighted by Gasteiger charge is 2.29. The Hall–Kier alpha value is -2.97. The first-order valence-corrected chi connectivity index (χ1v) is 9.55. The average molecular weight is 398 g/mol. The number of aromatic nitrogens is 1. The van der Waals surface area contributed by atoms with Gasteiger partial charge in [-0.1, -0.05) is 24.3 Å². The maximum Gasteiger partial charge on any atom is 0.249 e. The Balaban J connectivity index is 1.50. The summed E-state index contributed by atoms with van der Waals surface area (Å²) in [4.78, 5) is 30.4. The molecule has 0 bridgehead atoms. The third-order valence-electron chi connectivity index (χ3n) is 4.73. The Morgan fingerprint density at radius 2 is 2.10 bits per heavy atom. The van der Waals surface area contributed by atoms with Crippen molar-refractivity contribution in [1.29, 1.82) is 0 Å². The van der Waals surface area contributed by atoms with Crippen molar-refractivity contribution < 1.29 is 19.1 Å². The number of piperazine rings is 1. The zero-order valence-corrected chi connectivity index (χ0v) is 16.5. The molecule has 1 fully saturated rings. The fraction of sp³-hybridized carbons (Fsp3) is 0.381. The number of para-hydroxylation sites is 1. The molecule has 3 rings (SSSR count). The normalized spacial score (nSPS) is 16.3. The van der Waals surface area contributed by atoms with E-state index in [2.05, 4.69) is 15.6 Å². The summed E-state index contributed by atoms with van der Waals surface area (Å²) in [5, 5.41) is 6.06. The van der Waals surface area contributed by atoms with Crippen molar-refractivity contribution in [3.05, 3.63) is 59.9 Å². The van der Waals surface area contributed by atoms with Crippen LogP contribution in [-0.2, 0) is 20.9 Å². The summed E-state index contributed by atoms with van der Waals surface area (Å²) >= 11 is 0. The van der Waals surface area contributed by atoms with Gasteiger partial charge in [0.05, 0.1) is 13.2 Å². The van der Waals surface area contributed by atoms with E-state index in [1.807, 2.05) is 36.4 Å². The smallest absolute Gasteiger partial charge is 0.249 e. The van der Waals surface area contributed by atoms with E-state index >= 15 is 0 Å². The first-order chi connectivity index (χ1) is 14.2. The van der Waals surface area contributed by atoms with Crippen LogP contribution in [0.5, 0.6) is 5.75 Å². The number of rotatable bonds is 8. The van der Waals surface area contributed by atoms with E-state index in [-0.39, 0.29) is 31.1 Å². The van der Waals surface area contributed by atoms with E-state index < -0.39 is 0 Å². The van der Waals surface area contributed by atoms with Gasteiger partial charge in [-0.15, -0.1) is 0 Å². The quantitative estimate of drug-likeness (QED) is 0.686. The Morgan fingerprint density at radius 3 is 2.90 bits per heavy atom. The SMILES string of the molecule is COc1ccccc1C1CNCCN1C(=O)COCC(=O)NCc1cccnc1. The maximum atomic E-state index is 12.7. The fourth-order valence-corrected chi connectivity index (χ4v) is 3.29. The molecule has 0 spiro atoms. The van der Waals surface area contributed by atoms with Gasteiger partial charge in [-0.25, -0.2) is 0 Å². The molecule has 29 heavy (non-hydrogen) atoms. The summed E-state index contributed by atoms with van der Waals surface area (Å²) in [6, 6.07) is 11.2. The molecule has 1 saturated heterocycles. The number of nitrogens with zero attached hydrogens (tertiary/aromatic N) is 2. The average Bonchev–Trinajstić information content (AvgIpc) is 2.78. The van der Waals surface area contributed by atoms with Gasteiger partial charge in [0.15, 0.2) is 0 Å². The van der Waals surface area contributed by atoms with Gasteiger partial charge in [0, 0.05) is 44.1 Å². The zero-order valence-electron chi connectivity index (χ0n) is 16.5. The second-order valence-electron chi connectivity index (χ2n) is 6.68. The molecule has 0 radical (unpaired) electrons. The molecular weight excluding hydrogens is 372 g/mol. The van der Waals surface area contributed by atoms with Crippen LogP contribution in [0.15, 0.2) is 48.8 Å². The van der Waals surface area contributed by atoms with Gasteiger partial charge < -0.3 is 25.0 Å². The zero-order chi connectivity index (χ0) is 20.5. The Kier molecular flexibility index (Phi) is 7.54. The topological polar surface area (TPSA) is 92.8 Å².